The lowest BCUT2D eigenvalue weighted by atomic mass is 10.1. The van der Waals surface area contributed by atoms with Crippen LogP contribution in [0, 0.1) is 0 Å². The van der Waals surface area contributed by atoms with Crippen molar-refractivity contribution in [1.82, 2.24) is 24.4 Å². The molecule has 3 heterocycles. The molecule has 0 unspecified atom stereocenters. The quantitative estimate of drug-likeness (QED) is 0.148. The van der Waals surface area contributed by atoms with Gasteiger partial charge >= 0.3 is 0 Å². The van der Waals surface area contributed by atoms with Crippen molar-refractivity contribution < 1.29 is 14.2 Å². The van der Waals surface area contributed by atoms with E-state index in [-0.39, 0.29) is 5.56 Å². The van der Waals surface area contributed by atoms with Crippen LogP contribution in [0.5, 0.6) is 17.2 Å². The molecule has 0 fully saturated rings. The van der Waals surface area contributed by atoms with Crippen molar-refractivity contribution in [2.75, 3.05) is 20.3 Å². The lowest BCUT2D eigenvalue weighted by Gasteiger charge is -2.09. The molecular weight excluding hydrogens is 586 g/mol. The van der Waals surface area contributed by atoms with Crippen molar-refractivity contribution in [2.45, 2.75) is 26.7 Å². The Morgan fingerprint density at radius 1 is 0.911 bits per heavy atom. The summed E-state index contributed by atoms with van der Waals surface area (Å²) in [6.45, 7) is 5.31. The third-order valence-corrected chi connectivity index (χ3v) is 8.01. The van der Waals surface area contributed by atoms with E-state index in [9.17, 15) is 4.79 Å². The van der Waals surface area contributed by atoms with Crippen molar-refractivity contribution >= 4 is 34.5 Å². The molecule has 0 aliphatic rings. The first-order valence-electron chi connectivity index (χ1n) is 14.8. The van der Waals surface area contributed by atoms with Crippen LogP contribution in [0.4, 0.5) is 0 Å². The number of nitrogens with zero attached hydrogens (tertiary/aromatic N) is 5. The smallest absolute Gasteiger partial charge is 0.291 e. The summed E-state index contributed by atoms with van der Waals surface area (Å²) in [5.41, 5.74) is 4.07. The van der Waals surface area contributed by atoms with Crippen LogP contribution in [-0.2, 0) is 0 Å². The van der Waals surface area contributed by atoms with Crippen LogP contribution < -0.4 is 24.3 Å². The van der Waals surface area contributed by atoms with E-state index in [1.807, 2.05) is 103 Å². The van der Waals surface area contributed by atoms with E-state index >= 15 is 0 Å². The summed E-state index contributed by atoms with van der Waals surface area (Å²) < 4.78 is 20.6. The highest BCUT2D eigenvalue weighted by Crippen LogP contribution is 2.29. The van der Waals surface area contributed by atoms with Gasteiger partial charge in [0.2, 0.25) is 4.96 Å². The summed E-state index contributed by atoms with van der Waals surface area (Å²) in [5, 5.41) is 9.36. The van der Waals surface area contributed by atoms with Gasteiger partial charge in [0.15, 0.2) is 17.3 Å². The number of hydrogen-bond acceptors (Lipinski definition) is 8. The lowest BCUT2D eigenvalue weighted by molar-refractivity contribution is 0.309. The molecule has 0 amide bonds. The lowest BCUT2D eigenvalue weighted by Crippen LogP contribution is -2.23. The van der Waals surface area contributed by atoms with Gasteiger partial charge in [0.05, 0.1) is 30.5 Å². The number of aromatic nitrogens is 5. The Hall–Kier alpha value is -5.22. The average Bonchev–Trinajstić information content (AvgIpc) is 3.76. The summed E-state index contributed by atoms with van der Waals surface area (Å²) in [5.74, 6) is 2.59. The molecule has 45 heavy (non-hydrogen) atoms. The Balaban J connectivity index is 1.32. The minimum atomic E-state index is -0.233. The second kappa shape index (κ2) is 13.6. The van der Waals surface area contributed by atoms with E-state index in [1.54, 1.807) is 13.2 Å². The third kappa shape index (κ3) is 6.66. The normalized spacial score (nSPS) is 11.9. The number of hydrogen-bond donors (Lipinski definition) is 0. The largest absolute Gasteiger partial charge is 0.494 e. The number of fused-ring (bicyclic) bond motifs is 1. The summed E-state index contributed by atoms with van der Waals surface area (Å²) in [4.78, 5) is 18.5. The van der Waals surface area contributed by atoms with Crippen LogP contribution in [0.2, 0.25) is 0 Å². The maximum atomic E-state index is 13.4. The minimum Gasteiger partial charge on any atom is -0.494 e. The molecular formula is C35H33N5O4S. The fraction of sp³-hybridized carbons (Fsp3) is 0.200. The van der Waals surface area contributed by atoms with Crippen molar-refractivity contribution in [2.24, 2.45) is 0 Å². The molecule has 0 radical (unpaired) electrons. The molecule has 0 N–H and O–H groups in total. The highest BCUT2D eigenvalue weighted by atomic mass is 32.1. The van der Waals surface area contributed by atoms with Gasteiger partial charge in [-0.05, 0) is 79.6 Å². The Bertz CT molecular complexity index is 2050. The van der Waals surface area contributed by atoms with Crippen LogP contribution in [0.3, 0.4) is 0 Å². The SMILES string of the molecule is CCCCOc1ccc(-c2nn(-c3ccccc3)cc2/C=c2\sc3nc(/C=C/c4ccc(OCC)c(OC)c4)nn3c2=O)cc1. The highest BCUT2D eigenvalue weighted by molar-refractivity contribution is 7.15. The van der Waals surface area contributed by atoms with Gasteiger partial charge in [0.25, 0.3) is 5.56 Å². The van der Waals surface area contributed by atoms with Crippen LogP contribution in [0.1, 0.15) is 43.6 Å². The first kappa shape index (κ1) is 29.8. The molecule has 0 aliphatic carbocycles. The van der Waals surface area contributed by atoms with Gasteiger partial charge in [-0.3, -0.25) is 4.79 Å². The van der Waals surface area contributed by atoms with Gasteiger partial charge in [0, 0.05) is 17.3 Å². The summed E-state index contributed by atoms with van der Waals surface area (Å²) in [6.07, 6.45) is 9.53. The number of rotatable bonds is 12. The summed E-state index contributed by atoms with van der Waals surface area (Å²) >= 11 is 1.29. The molecule has 3 aromatic carbocycles. The molecule has 10 heteroatoms. The molecule has 0 atom stereocenters. The second-order valence-corrected chi connectivity index (χ2v) is 11.2. The molecule has 0 saturated heterocycles. The topological polar surface area (TPSA) is 92.8 Å². The van der Waals surface area contributed by atoms with Gasteiger partial charge in [-0.25, -0.2) is 4.68 Å². The molecule has 0 bridgehead atoms. The fourth-order valence-corrected chi connectivity index (χ4v) is 5.67. The van der Waals surface area contributed by atoms with Crippen LogP contribution in [0.25, 0.3) is 40.1 Å². The first-order valence-corrected chi connectivity index (χ1v) is 15.7. The average molecular weight is 620 g/mol. The van der Waals surface area contributed by atoms with Crippen LogP contribution >= 0.6 is 11.3 Å². The van der Waals surface area contributed by atoms with E-state index < -0.39 is 0 Å². The number of benzene rings is 3. The zero-order valence-corrected chi connectivity index (χ0v) is 26.2. The van der Waals surface area contributed by atoms with Gasteiger partial charge in [0.1, 0.15) is 11.4 Å². The minimum absolute atomic E-state index is 0.233. The maximum Gasteiger partial charge on any atom is 0.291 e. The molecule has 0 saturated carbocycles. The predicted octanol–water partition coefficient (Wildman–Crippen LogP) is 6.31. The van der Waals surface area contributed by atoms with Gasteiger partial charge in [-0.15, -0.1) is 5.10 Å². The maximum absolute atomic E-state index is 13.4. The van der Waals surface area contributed by atoms with Gasteiger partial charge in [-0.2, -0.15) is 14.6 Å². The Labute approximate surface area is 264 Å². The Morgan fingerprint density at radius 3 is 2.47 bits per heavy atom. The standard InChI is InChI=1S/C35H33N5O4S/c1-4-6-20-44-28-16-14-25(15-17-28)33-26(23-39(38-33)27-10-8-7-9-11-27)22-31-34(41)40-35(45-31)36-32(37-40)19-13-24-12-18-29(43-5-2)30(21-24)42-3/h7-19,21-23H,4-6,20H2,1-3H3/b19-13+,31-22-. The number of para-hydroxylation sites is 1. The van der Waals surface area contributed by atoms with Crippen molar-refractivity contribution in [3.05, 3.63) is 111 Å². The van der Waals surface area contributed by atoms with Crippen LogP contribution in [-0.4, -0.2) is 44.7 Å². The molecule has 0 aliphatic heterocycles. The summed E-state index contributed by atoms with van der Waals surface area (Å²) in [7, 11) is 1.61. The van der Waals surface area contributed by atoms with E-state index in [1.165, 1.54) is 15.9 Å². The zero-order valence-electron chi connectivity index (χ0n) is 25.3. The molecule has 228 valence electrons. The van der Waals surface area contributed by atoms with E-state index in [0.29, 0.717) is 40.0 Å². The van der Waals surface area contributed by atoms with Crippen LogP contribution in [0.15, 0.2) is 83.8 Å². The predicted molar refractivity (Wildman–Crippen MR) is 178 cm³/mol. The van der Waals surface area contributed by atoms with Gasteiger partial charge in [-0.1, -0.05) is 55.0 Å². The molecule has 0 spiro atoms. The van der Waals surface area contributed by atoms with Crippen molar-refractivity contribution in [3.8, 4) is 34.2 Å². The summed E-state index contributed by atoms with van der Waals surface area (Å²) in [6, 6.07) is 23.5. The van der Waals surface area contributed by atoms with Crippen molar-refractivity contribution in [1.29, 1.82) is 0 Å². The molecule has 6 aromatic rings. The monoisotopic (exact) mass is 619 g/mol. The van der Waals surface area contributed by atoms with E-state index in [2.05, 4.69) is 17.0 Å². The molecule has 3 aromatic heterocycles. The fourth-order valence-electron chi connectivity index (χ4n) is 4.77. The third-order valence-electron chi connectivity index (χ3n) is 7.05. The molecule has 9 nitrogen and oxygen atoms in total. The number of unbranched alkanes of at least 4 members (excludes halogenated alkanes) is 1. The van der Waals surface area contributed by atoms with Crippen molar-refractivity contribution in [3.63, 3.8) is 0 Å². The number of methoxy groups -OCH3 is 1. The van der Waals surface area contributed by atoms with Gasteiger partial charge < -0.3 is 14.2 Å². The number of ether oxygens (including phenoxy) is 3. The Kier molecular flexibility index (Phi) is 9.02. The number of thiazole rings is 1. The Morgan fingerprint density at radius 2 is 1.73 bits per heavy atom. The van der Waals surface area contributed by atoms with E-state index in [4.69, 9.17) is 19.3 Å². The second-order valence-electron chi connectivity index (χ2n) is 10.2. The first-order chi connectivity index (χ1) is 22.1. The highest BCUT2D eigenvalue weighted by Gasteiger charge is 2.14. The zero-order chi connectivity index (χ0) is 31.2. The molecule has 6 rings (SSSR count). The van der Waals surface area contributed by atoms with E-state index in [0.717, 1.165) is 46.7 Å².